The number of anilines is 1. The van der Waals surface area contributed by atoms with Gasteiger partial charge in [-0.25, -0.2) is 4.79 Å². The Morgan fingerprint density at radius 3 is 2.55 bits per heavy atom. The number of carboxylic acid groups (broad SMARTS) is 1. The number of hydrogen-bond acceptors (Lipinski definition) is 2. The first-order chi connectivity index (χ1) is 9.31. The van der Waals surface area contributed by atoms with Crippen molar-refractivity contribution in [3.05, 3.63) is 28.8 Å². The Balaban J connectivity index is 2.60. The third-order valence-corrected chi connectivity index (χ3v) is 3.30. The van der Waals surface area contributed by atoms with Gasteiger partial charge in [-0.05, 0) is 30.5 Å². The van der Waals surface area contributed by atoms with Crippen molar-refractivity contribution < 1.29 is 14.7 Å². The summed E-state index contributed by atoms with van der Waals surface area (Å²) in [4.78, 5) is 22.8. The zero-order valence-electron chi connectivity index (χ0n) is 11.7. The van der Waals surface area contributed by atoms with Crippen molar-refractivity contribution in [2.24, 2.45) is 11.8 Å². The summed E-state index contributed by atoms with van der Waals surface area (Å²) in [5, 5.41) is 14.6. The minimum atomic E-state index is -0.922. The zero-order valence-corrected chi connectivity index (χ0v) is 12.5. The highest BCUT2D eigenvalue weighted by Gasteiger charge is 2.22. The fourth-order valence-electron chi connectivity index (χ4n) is 1.71. The minimum Gasteiger partial charge on any atom is -0.481 e. The van der Waals surface area contributed by atoms with Crippen molar-refractivity contribution in [2.45, 2.75) is 20.8 Å². The van der Waals surface area contributed by atoms with E-state index in [9.17, 15) is 9.59 Å². The molecule has 0 saturated carbocycles. The number of hydrogen-bond donors (Lipinski definition) is 3. The number of rotatable bonds is 5. The maximum atomic E-state index is 11.8. The van der Waals surface area contributed by atoms with Crippen LogP contribution in [-0.4, -0.2) is 23.7 Å². The van der Waals surface area contributed by atoms with E-state index >= 15 is 0 Å². The molecule has 1 aromatic rings. The quantitative estimate of drug-likeness (QED) is 0.781. The van der Waals surface area contributed by atoms with E-state index in [-0.39, 0.29) is 12.5 Å². The van der Waals surface area contributed by atoms with Crippen LogP contribution in [-0.2, 0) is 4.79 Å². The van der Waals surface area contributed by atoms with Gasteiger partial charge < -0.3 is 15.7 Å². The van der Waals surface area contributed by atoms with E-state index in [4.69, 9.17) is 16.7 Å². The van der Waals surface area contributed by atoms with Crippen LogP contribution >= 0.6 is 11.6 Å². The molecule has 0 spiro atoms. The van der Waals surface area contributed by atoms with Gasteiger partial charge in [-0.2, -0.15) is 0 Å². The summed E-state index contributed by atoms with van der Waals surface area (Å²) in [5.41, 5.74) is 1.47. The van der Waals surface area contributed by atoms with Gasteiger partial charge in [-0.3, -0.25) is 4.79 Å². The number of carboxylic acids is 1. The van der Waals surface area contributed by atoms with Gasteiger partial charge in [0.25, 0.3) is 0 Å². The lowest BCUT2D eigenvalue weighted by Crippen LogP contribution is -2.37. The van der Waals surface area contributed by atoms with Crippen LogP contribution in [0.5, 0.6) is 0 Å². The van der Waals surface area contributed by atoms with Gasteiger partial charge in [0.1, 0.15) is 0 Å². The predicted molar refractivity (Wildman–Crippen MR) is 79.2 cm³/mol. The standard InChI is InChI=1S/C14H19ClN2O3/c1-8(2)10(13(18)19)7-16-14(20)17-12-6-9(3)4-5-11(12)15/h4-6,8,10H,7H2,1-3H3,(H,18,19)(H2,16,17,20). The van der Waals surface area contributed by atoms with Crippen LogP contribution in [0.15, 0.2) is 18.2 Å². The van der Waals surface area contributed by atoms with Gasteiger partial charge >= 0.3 is 12.0 Å². The first kappa shape index (κ1) is 16.3. The summed E-state index contributed by atoms with van der Waals surface area (Å²) in [6, 6.07) is 4.81. The molecule has 1 unspecified atom stereocenters. The van der Waals surface area contributed by atoms with Gasteiger partial charge in [-0.15, -0.1) is 0 Å². The zero-order chi connectivity index (χ0) is 15.3. The fourth-order valence-corrected chi connectivity index (χ4v) is 1.88. The van der Waals surface area contributed by atoms with E-state index in [1.807, 2.05) is 13.0 Å². The monoisotopic (exact) mass is 298 g/mol. The second-order valence-corrected chi connectivity index (χ2v) is 5.41. The molecular weight excluding hydrogens is 280 g/mol. The van der Waals surface area contributed by atoms with Gasteiger partial charge in [0, 0.05) is 6.54 Å². The van der Waals surface area contributed by atoms with Crippen molar-refractivity contribution in [3.8, 4) is 0 Å². The molecule has 1 rings (SSSR count). The van der Waals surface area contributed by atoms with E-state index in [1.165, 1.54) is 0 Å². The average molecular weight is 299 g/mol. The molecule has 5 nitrogen and oxygen atoms in total. The molecule has 6 heteroatoms. The molecule has 2 amide bonds. The summed E-state index contributed by atoms with van der Waals surface area (Å²) in [6.07, 6.45) is 0. The highest BCUT2D eigenvalue weighted by molar-refractivity contribution is 6.33. The summed E-state index contributed by atoms with van der Waals surface area (Å²) in [6.45, 7) is 5.56. The van der Waals surface area contributed by atoms with Crippen LogP contribution in [0.25, 0.3) is 0 Å². The topological polar surface area (TPSA) is 78.4 Å². The molecule has 0 saturated heterocycles. The minimum absolute atomic E-state index is 0.0599. The first-order valence-corrected chi connectivity index (χ1v) is 6.73. The highest BCUT2D eigenvalue weighted by Crippen LogP contribution is 2.22. The Morgan fingerprint density at radius 1 is 1.35 bits per heavy atom. The Kier molecular flexibility index (Phi) is 5.82. The maximum absolute atomic E-state index is 11.8. The van der Waals surface area contributed by atoms with E-state index in [2.05, 4.69) is 10.6 Å². The largest absolute Gasteiger partial charge is 0.481 e. The van der Waals surface area contributed by atoms with E-state index < -0.39 is 17.9 Å². The molecule has 1 atom stereocenters. The number of benzene rings is 1. The molecule has 0 fully saturated rings. The van der Waals surface area contributed by atoms with Crippen LogP contribution in [0.1, 0.15) is 19.4 Å². The van der Waals surface area contributed by atoms with Crippen molar-refractivity contribution in [1.29, 1.82) is 0 Å². The Morgan fingerprint density at radius 2 is 2.00 bits per heavy atom. The van der Waals surface area contributed by atoms with Crippen LogP contribution in [0.2, 0.25) is 5.02 Å². The summed E-state index contributed by atoms with van der Waals surface area (Å²) in [7, 11) is 0. The van der Waals surface area contributed by atoms with Gasteiger partial charge in [-0.1, -0.05) is 31.5 Å². The number of nitrogens with one attached hydrogen (secondary N) is 2. The number of aryl methyl sites for hydroxylation is 1. The Labute approximate surface area is 123 Å². The third kappa shape index (κ3) is 4.74. The fraction of sp³-hybridized carbons (Fsp3) is 0.429. The Bertz CT molecular complexity index is 503. The van der Waals surface area contributed by atoms with Crippen LogP contribution in [0.3, 0.4) is 0 Å². The maximum Gasteiger partial charge on any atom is 0.319 e. The third-order valence-electron chi connectivity index (χ3n) is 2.97. The number of amides is 2. The molecular formula is C14H19ClN2O3. The Hall–Kier alpha value is -1.75. The first-order valence-electron chi connectivity index (χ1n) is 6.35. The summed E-state index contributed by atoms with van der Waals surface area (Å²) in [5.74, 6) is -1.60. The van der Waals surface area contributed by atoms with E-state index in [0.717, 1.165) is 5.56 Å². The predicted octanol–water partition coefficient (Wildman–Crippen LogP) is 3.13. The van der Waals surface area contributed by atoms with Crippen LogP contribution in [0.4, 0.5) is 10.5 Å². The molecule has 110 valence electrons. The highest BCUT2D eigenvalue weighted by atomic mass is 35.5. The number of halogens is 1. The van der Waals surface area contributed by atoms with Crippen molar-refractivity contribution in [1.82, 2.24) is 5.32 Å². The van der Waals surface area contributed by atoms with Crippen molar-refractivity contribution in [3.63, 3.8) is 0 Å². The molecule has 0 aromatic heterocycles. The SMILES string of the molecule is Cc1ccc(Cl)c(NC(=O)NCC(C(=O)O)C(C)C)c1. The number of aliphatic carboxylic acids is 1. The second kappa shape index (κ2) is 7.14. The average Bonchev–Trinajstić information content (AvgIpc) is 2.33. The molecule has 0 aliphatic heterocycles. The molecule has 0 bridgehead atoms. The van der Waals surface area contributed by atoms with Crippen LogP contribution in [0, 0.1) is 18.8 Å². The number of urea groups is 1. The molecule has 0 heterocycles. The molecule has 0 radical (unpaired) electrons. The lowest BCUT2D eigenvalue weighted by molar-refractivity contribution is -0.142. The van der Waals surface area contributed by atoms with Crippen molar-refractivity contribution in [2.75, 3.05) is 11.9 Å². The molecule has 1 aromatic carbocycles. The van der Waals surface area contributed by atoms with Crippen molar-refractivity contribution >= 4 is 29.3 Å². The number of carbonyl (C=O) groups excluding carboxylic acids is 1. The smallest absolute Gasteiger partial charge is 0.319 e. The lowest BCUT2D eigenvalue weighted by atomic mass is 9.96. The van der Waals surface area contributed by atoms with Gasteiger partial charge in [0.05, 0.1) is 16.6 Å². The molecule has 20 heavy (non-hydrogen) atoms. The van der Waals surface area contributed by atoms with Gasteiger partial charge in [0.2, 0.25) is 0 Å². The summed E-state index contributed by atoms with van der Waals surface area (Å²) >= 11 is 5.97. The number of carbonyl (C=O) groups is 2. The normalized spacial score (nSPS) is 12.1. The van der Waals surface area contributed by atoms with E-state index in [0.29, 0.717) is 10.7 Å². The van der Waals surface area contributed by atoms with E-state index in [1.54, 1.807) is 26.0 Å². The molecule has 3 N–H and O–H groups in total. The summed E-state index contributed by atoms with van der Waals surface area (Å²) < 4.78 is 0. The second-order valence-electron chi connectivity index (χ2n) is 5.01. The lowest BCUT2D eigenvalue weighted by Gasteiger charge is -2.17. The molecule has 0 aliphatic carbocycles. The van der Waals surface area contributed by atoms with Gasteiger partial charge in [0.15, 0.2) is 0 Å². The molecule has 0 aliphatic rings. The van der Waals surface area contributed by atoms with Crippen LogP contribution < -0.4 is 10.6 Å².